The molecule has 418 valence electrons. The number of benzene rings is 4. The minimum Gasteiger partial charge on any atom is -0.493 e. The zero-order valence-corrected chi connectivity index (χ0v) is 46.5. The molecule has 4 aromatic carbocycles. The molecule has 23 heteroatoms. The summed E-state index contributed by atoms with van der Waals surface area (Å²) in [6.07, 6.45) is -0.0279. The lowest BCUT2D eigenvalue weighted by atomic mass is 9.85. The third-order valence-electron chi connectivity index (χ3n) is 12.8. The molecule has 1 saturated heterocycles. The Kier molecular flexibility index (Phi) is 19.9. The first kappa shape index (κ1) is 58.5. The van der Waals surface area contributed by atoms with Gasteiger partial charge in [0.15, 0.2) is 5.75 Å². The number of amides is 4. The van der Waals surface area contributed by atoms with Gasteiger partial charge < -0.3 is 49.6 Å². The van der Waals surface area contributed by atoms with Crippen molar-refractivity contribution in [2.24, 2.45) is 19.5 Å². The molecule has 1 unspecified atom stereocenters. The number of nitrogens with one attached hydrogen (secondary N) is 4. The number of aryl methyl sites for hydroxylation is 3. The lowest BCUT2D eigenvalue weighted by Gasteiger charge is -2.35. The lowest BCUT2D eigenvalue weighted by Crippen LogP contribution is -2.58. The van der Waals surface area contributed by atoms with Crippen molar-refractivity contribution in [1.29, 1.82) is 0 Å². The molecule has 7 rings (SSSR count). The first-order valence-electron chi connectivity index (χ1n) is 25.5. The maximum Gasteiger partial charge on any atom is 0.328 e. The van der Waals surface area contributed by atoms with Gasteiger partial charge in [-0.25, -0.2) is 18.2 Å². The van der Waals surface area contributed by atoms with Gasteiger partial charge in [0, 0.05) is 57.8 Å². The number of likely N-dealkylation sites (tertiary alicyclic amines) is 1. The van der Waals surface area contributed by atoms with E-state index in [2.05, 4.69) is 25.7 Å². The summed E-state index contributed by atoms with van der Waals surface area (Å²) in [6, 6.07) is 21.3. The van der Waals surface area contributed by atoms with Crippen molar-refractivity contribution in [3.05, 3.63) is 118 Å². The van der Waals surface area contributed by atoms with Crippen molar-refractivity contribution in [3.8, 4) is 27.7 Å². The van der Waals surface area contributed by atoms with Gasteiger partial charge in [-0.3, -0.25) is 33.0 Å². The molecule has 0 bridgehead atoms. The van der Waals surface area contributed by atoms with E-state index < -0.39 is 57.3 Å². The largest absolute Gasteiger partial charge is 0.493 e. The standard InChI is InChI=1S/C55H68N8O13S2/c1-8-21-75-40-10-9-11-41(28-40)76-47-30-45-44(61(6)54(69)62(45)7)29-43(47)60-78(70,71)42-18-16-38(17-19-42)51(66)56-20-22-72-23-24-73-25-26-74-33-48(65)59-50(55(3,4)5)53(68)63-32-39(64)27-46(63)52(67)57-31-36-12-14-37(15-13-36)49-35(2)58-34-77-49/h9-19,28-30,34,39,46,50,60,64H,8,20-27,31-33H2,1-7H3,(H,56,66)(H,57,67)(H,59,65)/t39-,46+,50?/m1/s1. The summed E-state index contributed by atoms with van der Waals surface area (Å²) in [7, 11) is -1.02. The molecule has 0 saturated carbocycles. The van der Waals surface area contributed by atoms with E-state index in [0.717, 1.165) is 28.1 Å². The van der Waals surface area contributed by atoms with Crippen molar-refractivity contribution < 1.29 is 56.4 Å². The van der Waals surface area contributed by atoms with E-state index in [1.54, 1.807) is 82.0 Å². The number of rotatable bonds is 26. The van der Waals surface area contributed by atoms with Crippen LogP contribution in [-0.4, -0.2) is 134 Å². The molecule has 4 amide bonds. The van der Waals surface area contributed by atoms with Crippen LogP contribution in [0.15, 0.2) is 100 Å². The average Bonchev–Trinajstić information content (AvgIpc) is 4.14. The molecule has 1 aliphatic heterocycles. The number of carbonyl (C=O) groups is 4. The Morgan fingerprint density at radius 2 is 1.51 bits per heavy atom. The number of thiazole rings is 1. The summed E-state index contributed by atoms with van der Waals surface area (Å²) in [5, 5.41) is 19.0. The Hall–Kier alpha value is -7.15. The normalized spacial score (nSPS) is 15.0. The molecule has 5 N–H and O–H groups in total. The number of nitrogens with zero attached hydrogens (tertiary/aromatic N) is 4. The molecule has 1 fully saturated rings. The predicted octanol–water partition coefficient (Wildman–Crippen LogP) is 5.28. The molecule has 21 nitrogen and oxygen atoms in total. The fourth-order valence-corrected chi connectivity index (χ4v) is 10.5. The molecule has 0 aliphatic carbocycles. The highest BCUT2D eigenvalue weighted by Gasteiger charge is 2.44. The van der Waals surface area contributed by atoms with Crippen LogP contribution in [0.1, 0.15) is 62.2 Å². The molecular formula is C55H68N8O13S2. The molecule has 2 aromatic heterocycles. The maximum atomic E-state index is 14.0. The van der Waals surface area contributed by atoms with Crippen LogP contribution >= 0.6 is 11.3 Å². The van der Waals surface area contributed by atoms with E-state index in [4.69, 9.17) is 23.7 Å². The van der Waals surface area contributed by atoms with Gasteiger partial charge in [0.1, 0.15) is 30.2 Å². The average molecular weight is 1110 g/mol. The number of fused-ring (bicyclic) bond motifs is 1. The number of imidazole rings is 1. The maximum absolute atomic E-state index is 14.0. The van der Waals surface area contributed by atoms with E-state index in [0.29, 0.717) is 29.1 Å². The van der Waals surface area contributed by atoms with Crippen LogP contribution in [0, 0.1) is 12.3 Å². The van der Waals surface area contributed by atoms with Gasteiger partial charge in [0.05, 0.1) is 83.4 Å². The number of β-amino-alcohol motifs (C(OH)–C–C–N with tert-alkyl or cyclic N) is 1. The second-order valence-electron chi connectivity index (χ2n) is 19.8. The van der Waals surface area contributed by atoms with Crippen LogP contribution in [0.3, 0.4) is 0 Å². The number of ether oxygens (including phenoxy) is 5. The first-order chi connectivity index (χ1) is 37.2. The molecule has 1 aliphatic rings. The van der Waals surface area contributed by atoms with Crippen molar-refractivity contribution in [2.45, 2.75) is 77.1 Å². The summed E-state index contributed by atoms with van der Waals surface area (Å²) in [4.78, 5) is 72.7. The number of hydrogen-bond acceptors (Lipinski definition) is 15. The van der Waals surface area contributed by atoms with Gasteiger partial charge >= 0.3 is 5.69 Å². The van der Waals surface area contributed by atoms with E-state index in [-0.39, 0.29) is 93.3 Å². The topological polar surface area (TPSA) is 260 Å². The van der Waals surface area contributed by atoms with E-state index in [9.17, 15) is 37.5 Å². The Morgan fingerprint density at radius 3 is 2.18 bits per heavy atom. The third kappa shape index (κ3) is 15.1. The Morgan fingerprint density at radius 1 is 0.846 bits per heavy atom. The van der Waals surface area contributed by atoms with E-state index in [1.807, 2.05) is 38.1 Å². The smallest absolute Gasteiger partial charge is 0.328 e. The van der Waals surface area contributed by atoms with E-state index in [1.165, 1.54) is 44.4 Å². The number of hydrogen-bond donors (Lipinski definition) is 5. The zero-order chi connectivity index (χ0) is 56.1. The molecule has 78 heavy (non-hydrogen) atoms. The van der Waals surface area contributed by atoms with Gasteiger partial charge in [-0.05, 0) is 72.4 Å². The van der Waals surface area contributed by atoms with Gasteiger partial charge in [0.2, 0.25) is 17.7 Å². The van der Waals surface area contributed by atoms with Crippen molar-refractivity contribution in [3.63, 3.8) is 0 Å². The summed E-state index contributed by atoms with van der Waals surface area (Å²) in [5.74, 6) is -0.740. The summed E-state index contributed by atoms with van der Waals surface area (Å²) in [6.45, 7) is 10.6. The lowest BCUT2D eigenvalue weighted by molar-refractivity contribution is -0.144. The van der Waals surface area contributed by atoms with Crippen molar-refractivity contribution in [1.82, 2.24) is 35.0 Å². The summed E-state index contributed by atoms with van der Waals surface area (Å²) < 4.78 is 61.5. The highest BCUT2D eigenvalue weighted by atomic mass is 32.2. The molecule has 6 aromatic rings. The van der Waals surface area contributed by atoms with E-state index >= 15 is 0 Å². The van der Waals surface area contributed by atoms with Crippen LogP contribution in [0.2, 0.25) is 0 Å². The SMILES string of the molecule is CCCOc1cccc(Oc2cc3c(cc2NS(=O)(=O)c2ccc(C(=O)NCCOCCOCCOCC(=O)NC(C(=O)N4C[C@H](O)C[C@H]4C(=O)NCc4ccc(-c5scnc5C)cc4)C(C)(C)C)cc2)n(C)c(=O)n3C)c1. The molecule has 3 atom stereocenters. The predicted molar refractivity (Wildman–Crippen MR) is 294 cm³/mol. The minimum atomic E-state index is -4.22. The molecule has 0 spiro atoms. The number of aliphatic hydroxyl groups excluding tert-OH is 1. The number of sulfonamides is 1. The molecule has 0 radical (unpaired) electrons. The van der Waals surface area contributed by atoms with Crippen molar-refractivity contribution in [2.75, 3.05) is 64.1 Å². The number of aromatic nitrogens is 3. The van der Waals surface area contributed by atoms with Crippen LogP contribution in [0.4, 0.5) is 5.69 Å². The Balaban J connectivity index is 0.794. The fourth-order valence-electron chi connectivity index (χ4n) is 8.58. The summed E-state index contributed by atoms with van der Waals surface area (Å²) in [5.41, 5.74) is 4.91. The van der Waals surface area contributed by atoms with Gasteiger partial charge in [-0.1, -0.05) is 58.0 Å². The number of anilines is 1. The fraction of sp³-hybridized carbons (Fsp3) is 0.418. The Bertz CT molecular complexity index is 3220. The number of carbonyl (C=O) groups excluding carboxylic acids is 4. The van der Waals surface area contributed by atoms with Gasteiger partial charge in [-0.15, -0.1) is 11.3 Å². The minimum absolute atomic E-state index is 0.0498. The highest BCUT2D eigenvalue weighted by molar-refractivity contribution is 7.92. The summed E-state index contributed by atoms with van der Waals surface area (Å²) >= 11 is 1.56. The van der Waals surface area contributed by atoms with Crippen LogP contribution in [-0.2, 0) is 59.3 Å². The molecular weight excluding hydrogens is 1040 g/mol. The van der Waals surface area contributed by atoms with Crippen LogP contribution in [0.25, 0.3) is 21.5 Å². The van der Waals surface area contributed by atoms with Gasteiger partial charge in [0.25, 0.3) is 15.9 Å². The number of aliphatic hydroxyl groups is 1. The van der Waals surface area contributed by atoms with Crippen LogP contribution < -0.4 is 35.8 Å². The quantitative estimate of drug-likeness (QED) is 0.0433. The second kappa shape index (κ2) is 26.5. The monoisotopic (exact) mass is 1110 g/mol. The van der Waals surface area contributed by atoms with Crippen molar-refractivity contribution >= 4 is 61.7 Å². The Labute approximate surface area is 457 Å². The second-order valence-corrected chi connectivity index (χ2v) is 22.3. The third-order valence-corrected chi connectivity index (χ3v) is 15.1. The van der Waals surface area contributed by atoms with Gasteiger partial charge in [-0.2, -0.15) is 0 Å². The molecule has 3 heterocycles. The first-order valence-corrected chi connectivity index (χ1v) is 27.9. The zero-order valence-electron chi connectivity index (χ0n) is 44.8. The van der Waals surface area contributed by atoms with Crippen LogP contribution in [0.5, 0.6) is 17.2 Å². The highest BCUT2D eigenvalue weighted by Crippen LogP contribution is 2.36.